The van der Waals surface area contributed by atoms with Crippen LogP contribution in [0.1, 0.15) is 60.6 Å². The molecule has 1 amide bonds. The van der Waals surface area contributed by atoms with Gasteiger partial charge in [-0.3, -0.25) is 10.1 Å². The first kappa shape index (κ1) is 29.1. The molecule has 1 aliphatic rings. The molecule has 210 valence electrons. The number of nitrogens with one attached hydrogen (secondary N) is 1. The third-order valence-electron chi connectivity index (χ3n) is 5.83. The van der Waals surface area contributed by atoms with Gasteiger partial charge in [-0.1, -0.05) is 0 Å². The highest BCUT2D eigenvalue weighted by molar-refractivity contribution is 5.88. The highest BCUT2D eigenvalue weighted by Gasteiger charge is 2.55. The number of carbonyl (C=O) groups excluding carboxylic acids is 3. The molecule has 0 unspecified atom stereocenters. The van der Waals surface area contributed by atoms with Crippen molar-refractivity contribution in [1.29, 1.82) is 0 Å². The van der Waals surface area contributed by atoms with Crippen LogP contribution < -0.4 is 5.32 Å². The zero-order valence-corrected chi connectivity index (χ0v) is 22.7. The fraction of sp³-hybridized carbons (Fsp3) is 0.640. The molecule has 13 heteroatoms. The van der Waals surface area contributed by atoms with Gasteiger partial charge in [-0.05, 0) is 60.6 Å². The maximum absolute atomic E-state index is 12.5. The molecule has 1 aliphatic heterocycles. The summed E-state index contributed by atoms with van der Waals surface area (Å²) in [5, 5.41) is 18.3. The Balaban J connectivity index is 1.91. The number of ether oxygens (including phenoxy) is 5. The predicted octanol–water partition coefficient (Wildman–Crippen LogP) is 3.18. The van der Waals surface area contributed by atoms with E-state index < -0.39 is 41.9 Å². The van der Waals surface area contributed by atoms with Gasteiger partial charge in [0.25, 0.3) is 0 Å². The van der Waals surface area contributed by atoms with Crippen LogP contribution in [-0.4, -0.2) is 75.0 Å². The summed E-state index contributed by atoms with van der Waals surface area (Å²) in [6.45, 7) is 11.6. The van der Waals surface area contributed by atoms with Gasteiger partial charge < -0.3 is 28.8 Å². The number of nitrogens with zero attached hydrogens (tertiary/aromatic N) is 3. The molecule has 13 nitrogen and oxygen atoms in total. The molecule has 0 aromatic carbocycles. The van der Waals surface area contributed by atoms with Crippen molar-refractivity contribution in [1.82, 2.24) is 14.6 Å². The van der Waals surface area contributed by atoms with Crippen LogP contribution in [0.5, 0.6) is 0 Å². The van der Waals surface area contributed by atoms with Crippen molar-refractivity contribution in [3.05, 3.63) is 24.2 Å². The van der Waals surface area contributed by atoms with E-state index in [0.717, 1.165) is 0 Å². The Labute approximate surface area is 220 Å². The second kappa shape index (κ2) is 11.9. The van der Waals surface area contributed by atoms with Gasteiger partial charge in [-0.15, -0.1) is 0 Å². The Bertz CT molecular complexity index is 1150. The summed E-state index contributed by atoms with van der Waals surface area (Å²) in [5.74, 6) is -1.10. The molecule has 4 atom stereocenters. The third-order valence-corrected chi connectivity index (χ3v) is 5.83. The van der Waals surface area contributed by atoms with E-state index in [-0.39, 0.29) is 37.2 Å². The lowest BCUT2D eigenvalue weighted by molar-refractivity contribution is -0.149. The van der Waals surface area contributed by atoms with Gasteiger partial charge in [0.2, 0.25) is 0 Å². The number of aromatic nitrogens is 3. The number of aliphatic hydroxyl groups excluding tert-OH is 1. The normalized spacial score (nSPS) is 23.2. The Morgan fingerprint density at radius 3 is 2.37 bits per heavy atom. The summed E-state index contributed by atoms with van der Waals surface area (Å²) in [5.41, 5.74) is -0.525. The highest BCUT2D eigenvalue weighted by atomic mass is 16.7. The van der Waals surface area contributed by atoms with Crippen LogP contribution in [0.2, 0.25) is 0 Å². The largest absolute Gasteiger partial charge is 0.508 e. The second-order valence-electron chi connectivity index (χ2n) is 10.0. The summed E-state index contributed by atoms with van der Waals surface area (Å²) >= 11 is 0. The minimum atomic E-state index is -1.38. The summed E-state index contributed by atoms with van der Waals surface area (Å²) < 4.78 is 28.4. The third kappa shape index (κ3) is 6.70. The fourth-order valence-corrected chi connectivity index (χ4v) is 4.32. The Kier molecular flexibility index (Phi) is 9.15. The number of carbonyl (C=O) groups is 3. The van der Waals surface area contributed by atoms with Crippen LogP contribution in [0.3, 0.4) is 0 Å². The lowest BCUT2D eigenvalue weighted by Crippen LogP contribution is -2.38. The van der Waals surface area contributed by atoms with E-state index in [2.05, 4.69) is 15.4 Å². The van der Waals surface area contributed by atoms with Crippen LogP contribution in [0.25, 0.3) is 5.52 Å². The van der Waals surface area contributed by atoms with Gasteiger partial charge in [0.1, 0.15) is 24.1 Å². The topological polar surface area (TPSA) is 160 Å². The molecular formula is C25H36N4O9. The van der Waals surface area contributed by atoms with Crippen LogP contribution in [-0.2, 0) is 34.1 Å². The van der Waals surface area contributed by atoms with Crippen molar-refractivity contribution in [3.63, 3.8) is 0 Å². The van der Waals surface area contributed by atoms with Crippen LogP contribution in [0.15, 0.2) is 18.5 Å². The van der Waals surface area contributed by atoms with Gasteiger partial charge in [-0.2, -0.15) is 5.10 Å². The minimum absolute atomic E-state index is 0.172. The van der Waals surface area contributed by atoms with E-state index >= 15 is 0 Å². The molecule has 0 aliphatic carbocycles. The maximum atomic E-state index is 12.5. The molecule has 2 N–H and O–H groups in total. The fourth-order valence-electron chi connectivity index (χ4n) is 4.32. The molecule has 1 saturated heterocycles. The van der Waals surface area contributed by atoms with Gasteiger partial charge >= 0.3 is 18.2 Å². The zero-order chi connectivity index (χ0) is 28.2. The Morgan fingerprint density at radius 1 is 1.08 bits per heavy atom. The number of esters is 1. The number of aliphatic hydroxyl groups is 1. The van der Waals surface area contributed by atoms with E-state index in [1.165, 1.54) is 10.8 Å². The van der Waals surface area contributed by atoms with E-state index in [1.807, 2.05) is 0 Å². The average molecular weight is 537 g/mol. The van der Waals surface area contributed by atoms with Gasteiger partial charge in [-0.25, -0.2) is 19.1 Å². The van der Waals surface area contributed by atoms with Crippen molar-refractivity contribution in [3.8, 4) is 0 Å². The summed E-state index contributed by atoms with van der Waals surface area (Å²) in [4.78, 5) is 40.8. The standard InChI is InChI=1S/C25H36N4O9/c1-13(2)35-20(30)10-16-18(11-34-24(33)37-15(5)6)38-25(7,21(16)31)19-9-8-17-22(26-12-27-29(17)19)28-23(32)36-14(3)4/h8-9,12-16,18,21,31H,10-11H2,1-7H3,(H,26,27,28,32)/t16-,18-,21-,25+/m1/s1. The first-order chi connectivity index (χ1) is 17.8. The average Bonchev–Trinajstić information content (AvgIpc) is 3.33. The summed E-state index contributed by atoms with van der Waals surface area (Å²) in [6.07, 6.45) is -3.63. The van der Waals surface area contributed by atoms with E-state index in [9.17, 15) is 19.5 Å². The highest BCUT2D eigenvalue weighted by Crippen LogP contribution is 2.45. The number of fused-ring (bicyclic) bond motifs is 1. The number of hydrogen-bond donors (Lipinski definition) is 2. The van der Waals surface area contributed by atoms with Crippen molar-refractivity contribution in [2.24, 2.45) is 5.92 Å². The minimum Gasteiger partial charge on any atom is -0.463 e. The van der Waals surface area contributed by atoms with E-state index in [0.29, 0.717) is 11.2 Å². The Morgan fingerprint density at radius 2 is 1.74 bits per heavy atom. The number of anilines is 1. The molecule has 0 spiro atoms. The molecule has 2 aromatic heterocycles. The first-order valence-corrected chi connectivity index (χ1v) is 12.5. The van der Waals surface area contributed by atoms with Gasteiger partial charge in [0, 0.05) is 5.92 Å². The van der Waals surface area contributed by atoms with Crippen molar-refractivity contribution in [2.45, 2.75) is 91.0 Å². The van der Waals surface area contributed by atoms with Crippen molar-refractivity contribution >= 4 is 29.6 Å². The molecule has 3 heterocycles. The van der Waals surface area contributed by atoms with Crippen LogP contribution in [0.4, 0.5) is 15.4 Å². The maximum Gasteiger partial charge on any atom is 0.508 e. The SMILES string of the molecule is CC(C)OC(=O)C[C@H]1[C@@H](O)[C@](C)(c2ccc3c(NC(=O)OC(C)C)ncnn23)O[C@@H]1COC(=O)OC(C)C. The Hall–Kier alpha value is -3.45. The van der Waals surface area contributed by atoms with E-state index in [4.69, 9.17) is 23.7 Å². The number of hydrogen-bond acceptors (Lipinski definition) is 11. The number of amides is 1. The summed E-state index contributed by atoms with van der Waals surface area (Å²) in [6, 6.07) is 3.33. The molecule has 0 radical (unpaired) electrons. The smallest absolute Gasteiger partial charge is 0.463 e. The van der Waals surface area contributed by atoms with Gasteiger partial charge in [0.15, 0.2) is 5.82 Å². The zero-order valence-electron chi connectivity index (χ0n) is 22.7. The number of rotatable bonds is 9. The predicted molar refractivity (Wildman–Crippen MR) is 133 cm³/mol. The lowest BCUT2D eigenvalue weighted by atomic mass is 9.85. The van der Waals surface area contributed by atoms with Crippen molar-refractivity contribution < 1.29 is 43.2 Å². The molecule has 0 saturated carbocycles. The molecule has 2 aromatic rings. The molecule has 1 fully saturated rings. The lowest BCUT2D eigenvalue weighted by Gasteiger charge is -2.28. The first-order valence-electron chi connectivity index (χ1n) is 12.5. The van der Waals surface area contributed by atoms with Crippen LogP contribution >= 0.6 is 0 Å². The quantitative estimate of drug-likeness (QED) is 0.358. The van der Waals surface area contributed by atoms with Crippen molar-refractivity contribution in [2.75, 3.05) is 11.9 Å². The monoisotopic (exact) mass is 536 g/mol. The molecule has 3 rings (SSSR count). The van der Waals surface area contributed by atoms with Gasteiger partial charge in [0.05, 0.1) is 42.6 Å². The molecule has 38 heavy (non-hydrogen) atoms. The molecular weight excluding hydrogens is 500 g/mol. The summed E-state index contributed by atoms with van der Waals surface area (Å²) in [7, 11) is 0. The molecule has 0 bridgehead atoms. The second-order valence-corrected chi connectivity index (χ2v) is 10.0. The van der Waals surface area contributed by atoms with E-state index in [1.54, 1.807) is 60.6 Å². The van der Waals surface area contributed by atoms with Crippen LogP contribution in [0, 0.1) is 5.92 Å².